The number of aromatic amines is 1. The first-order valence-electron chi connectivity index (χ1n) is 11.0. The molecule has 0 aliphatic rings. The standard InChI is InChI=1S/C20H34N8O7/c21-6-2-1-3-13(20(34)35)26-19(33)15(9-29)28-18(32)14(7-11-8-24-10-25-11)27-17(31)12(22)4-5-16(23)30/h8,10,12-15,29H,1-7,9,21-22H2,(H2,23,30)(H,24,25)(H,26,33)(H,27,31)(H,28,32)(H,34,35). The normalized spacial score (nSPS) is 14.3. The Balaban J connectivity index is 2.88. The van der Waals surface area contributed by atoms with Crippen LogP contribution in [-0.2, 0) is 30.4 Å². The molecule has 1 aromatic rings. The van der Waals surface area contributed by atoms with Crippen molar-refractivity contribution in [1.82, 2.24) is 25.9 Å². The highest BCUT2D eigenvalue weighted by atomic mass is 16.4. The van der Waals surface area contributed by atoms with E-state index in [0.717, 1.165) is 0 Å². The average molecular weight is 499 g/mol. The van der Waals surface area contributed by atoms with Crippen LogP contribution in [0.25, 0.3) is 0 Å². The van der Waals surface area contributed by atoms with Crippen molar-refractivity contribution in [3.63, 3.8) is 0 Å². The van der Waals surface area contributed by atoms with Gasteiger partial charge in [0.2, 0.25) is 23.6 Å². The predicted octanol–water partition coefficient (Wildman–Crippen LogP) is -3.79. The zero-order valence-electron chi connectivity index (χ0n) is 19.2. The number of hydrogen-bond donors (Lipinski definition) is 9. The number of nitrogens with two attached hydrogens (primary N) is 3. The van der Waals surface area contributed by atoms with Gasteiger partial charge in [0.15, 0.2) is 0 Å². The fraction of sp³-hybridized carbons (Fsp3) is 0.600. The van der Waals surface area contributed by atoms with Crippen molar-refractivity contribution in [1.29, 1.82) is 0 Å². The predicted molar refractivity (Wildman–Crippen MR) is 122 cm³/mol. The van der Waals surface area contributed by atoms with Crippen LogP contribution in [0.5, 0.6) is 0 Å². The van der Waals surface area contributed by atoms with Crippen molar-refractivity contribution in [3.8, 4) is 0 Å². The molecule has 1 heterocycles. The molecule has 1 rings (SSSR count). The van der Waals surface area contributed by atoms with Gasteiger partial charge in [0.1, 0.15) is 18.1 Å². The second kappa shape index (κ2) is 15.4. The van der Waals surface area contributed by atoms with Crippen LogP contribution in [0.3, 0.4) is 0 Å². The summed E-state index contributed by atoms with van der Waals surface area (Å²) in [7, 11) is 0. The van der Waals surface area contributed by atoms with E-state index in [0.29, 0.717) is 25.1 Å². The summed E-state index contributed by atoms with van der Waals surface area (Å²) < 4.78 is 0. The van der Waals surface area contributed by atoms with Crippen LogP contribution in [0.2, 0.25) is 0 Å². The molecule has 4 unspecified atom stereocenters. The topological polar surface area (TPSA) is 269 Å². The van der Waals surface area contributed by atoms with Crippen molar-refractivity contribution in [3.05, 3.63) is 18.2 Å². The first-order valence-corrected chi connectivity index (χ1v) is 11.0. The minimum Gasteiger partial charge on any atom is -0.480 e. The summed E-state index contributed by atoms with van der Waals surface area (Å²) in [4.78, 5) is 66.9. The Labute approximate surface area is 201 Å². The van der Waals surface area contributed by atoms with Gasteiger partial charge in [-0.2, -0.15) is 0 Å². The maximum Gasteiger partial charge on any atom is 0.326 e. The highest BCUT2D eigenvalue weighted by molar-refractivity contribution is 5.94. The molecular weight excluding hydrogens is 464 g/mol. The molecule has 0 aromatic carbocycles. The number of imidazole rings is 1. The van der Waals surface area contributed by atoms with Gasteiger partial charge >= 0.3 is 5.97 Å². The molecule has 15 nitrogen and oxygen atoms in total. The van der Waals surface area contributed by atoms with Gasteiger partial charge in [0, 0.05) is 24.7 Å². The van der Waals surface area contributed by atoms with E-state index < -0.39 is 60.4 Å². The third-order valence-electron chi connectivity index (χ3n) is 5.03. The highest BCUT2D eigenvalue weighted by Gasteiger charge is 2.30. The number of hydrogen-bond acceptors (Lipinski definition) is 9. The fourth-order valence-electron chi connectivity index (χ4n) is 3.02. The molecule has 1 aromatic heterocycles. The van der Waals surface area contributed by atoms with Gasteiger partial charge in [-0.1, -0.05) is 0 Å². The number of nitrogens with one attached hydrogen (secondary N) is 4. The van der Waals surface area contributed by atoms with Crippen LogP contribution >= 0.6 is 0 Å². The summed E-state index contributed by atoms with van der Waals surface area (Å²) in [6, 6.07) is -5.07. The number of aliphatic hydroxyl groups is 1. The Morgan fingerprint density at radius 3 is 2.14 bits per heavy atom. The van der Waals surface area contributed by atoms with E-state index in [1.165, 1.54) is 12.5 Å². The molecular formula is C20H34N8O7. The van der Waals surface area contributed by atoms with Gasteiger partial charge in [0.25, 0.3) is 0 Å². The molecule has 196 valence electrons. The van der Waals surface area contributed by atoms with E-state index in [1.54, 1.807) is 0 Å². The number of H-pyrrole nitrogens is 1. The van der Waals surface area contributed by atoms with Crippen LogP contribution < -0.4 is 33.2 Å². The van der Waals surface area contributed by atoms with E-state index in [2.05, 4.69) is 25.9 Å². The lowest BCUT2D eigenvalue weighted by molar-refractivity contribution is -0.142. The molecule has 12 N–H and O–H groups in total. The van der Waals surface area contributed by atoms with E-state index in [4.69, 9.17) is 17.2 Å². The van der Waals surface area contributed by atoms with Crippen LogP contribution in [0, 0.1) is 0 Å². The molecule has 0 radical (unpaired) electrons. The van der Waals surface area contributed by atoms with E-state index >= 15 is 0 Å². The molecule has 0 fully saturated rings. The average Bonchev–Trinajstić information content (AvgIpc) is 3.32. The number of carbonyl (C=O) groups excluding carboxylic acids is 4. The monoisotopic (exact) mass is 498 g/mol. The van der Waals surface area contributed by atoms with E-state index in [-0.39, 0.29) is 25.7 Å². The number of unbranched alkanes of at least 4 members (excludes halogenated alkanes) is 1. The molecule has 0 bridgehead atoms. The Bertz CT molecular complexity index is 849. The van der Waals surface area contributed by atoms with Crippen molar-refractivity contribution in [2.24, 2.45) is 17.2 Å². The number of carboxylic acids is 1. The second-order valence-electron chi connectivity index (χ2n) is 7.88. The summed E-state index contributed by atoms with van der Waals surface area (Å²) in [5.41, 5.74) is 16.7. The summed E-state index contributed by atoms with van der Waals surface area (Å²) in [5, 5.41) is 26.0. The summed E-state index contributed by atoms with van der Waals surface area (Å²) in [6.45, 7) is -0.458. The number of nitrogens with zero attached hydrogens (tertiary/aromatic N) is 1. The molecule has 0 spiro atoms. The Hall–Kier alpha value is -3.56. The van der Waals surface area contributed by atoms with Crippen LogP contribution in [0.1, 0.15) is 37.8 Å². The number of aliphatic carboxylic acids is 1. The van der Waals surface area contributed by atoms with Gasteiger partial charge in [-0.05, 0) is 32.2 Å². The summed E-state index contributed by atoms with van der Waals surface area (Å²) >= 11 is 0. The lowest BCUT2D eigenvalue weighted by Gasteiger charge is -2.24. The second-order valence-corrected chi connectivity index (χ2v) is 7.88. The van der Waals surface area contributed by atoms with Gasteiger partial charge in [-0.25, -0.2) is 9.78 Å². The maximum absolute atomic E-state index is 12.9. The molecule has 35 heavy (non-hydrogen) atoms. The van der Waals surface area contributed by atoms with Crippen molar-refractivity contribution < 1.29 is 34.2 Å². The molecule has 4 amide bonds. The van der Waals surface area contributed by atoms with Crippen LogP contribution in [-0.4, -0.2) is 87.1 Å². The Morgan fingerprint density at radius 2 is 1.60 bits per heavy atom. The van der Waals surface area contributed by atoms with Gasteiger partial charge in [-0.3, -0.25) is 19.2 Å². The first kappa shape index (κ1) is 29.5. The molecule has 0 saturated heterocycles. The zero-order chi connectivity index (χ0) is 26.4. The largest absolute Gasteiger partial charge is 0.480 e. The SMILES string of the molecule is NCCCCC(NC(=O)C(CO)NC(=O)C(Cc1cnc[nH]1)NC(=O)C(N)CCC(N)=O)C(=O)O. The number of carbonyl (C=O) groups is 5. The zero-order valence-corrected chi connectivity index (χ0v) is 19.2. The van der Waals surface area contributed by atoms with Crippen molar-refractivity contribution in [2.75, 3.05) is 13.2 Å². The number of aromatic nitrogens is 2. The fourth-order valence-corrected chi connectivity index (χ4v) is 3.02. The van der Waals surface area contributed by atoms with E-state index in [1.807, 2.05) is 0 Å². The lowest BCUT2D eigenvalue weighted by atomic mass is 10.1. The van der Waals surface area contributed by atoms with Crippen LogP contribution in [0.4, 0.5) is 0 Å². The molecule has 0 aliphatic carbocycles. The van der Waals surface area contributed by atoms with Gasteiger partial charge in [-0.15, -0.1) is 0 Å². The minimum atomic E-state index is -1.48. The van der Waals surface area contributed by atoms with E-state index in [9.17, 15) is 34.2 Å². The molecule has 0 aliphatic heterocycles. The summed E-state index contributed by atoms with van der Waals surface area (Å²) in [6.07, 6.45) is 3.70. The lowest BCUT2D eigenvalue weighted by Crippen LogP contribution is -2.58. The number of rotatable bonds is 17. The smallest absolute Gasteiger partial charge is 0.326 e. The van der Waals surface area contributed by atoms with Gasteiger partial charge in [0.05, 0.1) is 19.0 Å². The number of primary amides is 1. The van der Waals surface area contributed by atoms with Crippen molar-refractivity contribution in [2.45, 2.75) is 62.7 Å². The van der Waals surface area contributed by atoms with Crippen molar-refractivity contribution >= 4 is 29.6 Å². The molecule has 15 heteroatoms. The third-order valence-corrected chi connectivity index (χ3v) is 5.03. The number of aliphatic hydroxyl groups excluding tert-OH is 1. The number of amides is 4. The molecule has 4 atom stereocenters. The maximum atomic E-state index is 12.9. The molecule has 0 saturated carbocycles. The first-order chi connectivity index (χ1) is 16.6. The Morgan fingerprint density at radius 1 is 0.971 bits per heavy atom. The van der Waals surface area contributed by atoms with Gasteiger partial charge < -0.3 is 48.3 Å². The van der Waals surface area contributed by atoms with Crippen LogP contribution in [0.15, 0.2) is 12.5 Å². The minimum absolute atomic E-state index is 0.0397. The Kier molecular flexibility index (Phi) is 12.9. The quantitative estimate of drug-likeness (QED) is 0.0945. The highest BCUT2D eigenvalue weighted by Crippen LogP contribution is 2.04. The summed E-state index contributed by atoms with van der Waals surface area (Å²) in [5.74, 6) is -4.39. The third kappa shape index (κ3) is 10.9. The number of carboxylic acid groups (broad SMARTS) is 1.